The molecule has 1 atom stereocenters. The third-order valence-corrected chi connectivity index (χ3v) is 6.09. The standard InChI is InChI=1S/C28H27N5O4/c1-3-4-8-26(34)37-20-9-10-24-22(14-20)23(17-30-24)28(35)27(31-18-12-21(36-2)16-29-15-18)25-13-19-7-5-6-11-33(19)32-25/h5-7,9-17,27,30-31H,3-4,8H2,1-2H3. The van der Waals surface area contributed by atoms with Gasteiger partial charge in [0.2, 0.25) is 0 Å². The van der Waals surface area contributed by atoms with E-state index in [4.69, 9.17) is 9.47 Å². The van der Waals surface area contributed by atoms with Gasteiger partial charge in [0.05, 0.1) is 36.4 Å². The van der Waals surface area contributed by atoms with E-state index >= 15 is 0 Å². The van der Waals surface area contributed by atoms with Crippen molar-refractivity contribution < 1.29 is 19.1 Å². The number of carbonyl (C=O) groups is 2. The number of hydrogen-bond donors (Lipinski definition) is 2. The maximum absolute atomic E-state index is 14.0. The van der Waals surface area contributed by atoms with Gasteiger partial charge in [0.1, 0.15) is 17.5 Å². The van der Waals surface area contributed by atoms with Crippen LogP contribution in [-0.2, 0) is 4.79 Å². The number of fused-ring (bicyclic) bond motifs is 2. The Hall–Kier alpha value is -4.66. The normalized spacial score (nSPS) is 11.9. The zero-order valence-electron chi connectivity index (χ0n) is 20.6. The fourth-order valence-corrected chi connectivity index (χ4v) is 4.17. The molecule has 0 fully saturated rings. The van der Waals surface area contributed by atoms with Crippen molar-refractivity contribution in [3.05, 3.63) is 84.6 Å². The van der Waals surface area contributed by atoms with Crippen LogP contribution in [0.15, 0.2) is 73.3 Å². The average Bonchev–Trinajstić information content (AvgIpc) is 3.54. The van der Waals surface area contributed by atoms with Crippen molar-refractivity contribution in [3.8, 4) is 11.5 Å². The highest BCUT2D eigenvalue weighted by Gasteiger charge is 2.27. The summed E-state index contributed by atoms with van der Waals surface area (Å²) in [5.74, 6) is 0.468. The highest BCUT2D eigenvalue weighted by Crippen LogP contribution is 2.30. The lowest BCUT2D eigenvalue weighted by Crippen LogP contribution is -2.22. The molecular weight excluding hydrogens is 470 g/mol. The summed E-state index contributed by atoms with van der Waals surface area (Å²) >= 11 is 0. The van der Waals surface area contributed by atoms with Crippen LogP contribution < -0.4 is 14.8 Å². The molecule has 0 spiro atoms. The Morgan fingerprint density at radius 1 is 1.11 bits per heavy atom. The van der Waals surface area contributed by atoms with E-state index in [0.29, 0.717) is 40.3 Å². The van der Waals surface area contributed by atoms with Gasteiger partial charge in [0.25, 0.3) is 0 Å². The zero-order chi connectivity index (χ0) is 25.8. The smallest absolute Gasteiger partial charge is 0.311 e. The number of benzene rings is 1. The number of anilines is 1. The van der Waals surface area contributed by atoms with E-state index in [9.17, 15) is 9.59 Å². The second kappa shape index (κ2) is 10.5. The van der Waals surface area contributed by atoms with Crippen LogP contribution in [0.25, 0.3) is 16.4 Å². The SMILES string of the molecule is CCCCC(=O)Oc1ccc2[nH]cc(C(=O)C(Nc3cncc(OC)c3)c3cc4ccccn4n3)c2c1. The number of carbonyl (C=O) groups excluding carboxylic acids is 2. The van der Waals surface area contributed by atoms with E-state index in [0.717, 1.165) is 23.9 Å². The molecule has 37 heavy (non-hydrogen) atoms. The van der Waals surface area contributed by atoms with Crippen molar-refractivity contribution in [1.82, 2.24) is 19.6 Å². The van der Waals surface area contributed by atoms with E-state index in [1.54, 1.807) is 54.5 Å². The van der Waals surface area contributed by atoms with E-state index in [2.05, 4.69) is 20.4 Å². The molecular formula is C28H27N5O4. The van der Waals surface area contributed by atoms with Gasteiger partial charge in [-0.2, -0.15) is 5.10 Å². The maximum Gasteiger partial charge on any atom is 0.311 e. The molecule has 188 valence electrons. The van der Waals surface area contributed by atoms with Gasteiger partial charge in [0, 0.05) is 41.3 Å². The number of aromatic amines is 1. The Kier molecular flexibility index (Phi) is 6.85. The molecule has 0 amide bonds. The summed E-state index contributed by atoms with van der Waals surface area (Å²) in [4.78, 5) is 33.6. The summed E-state index contributed by atoms with van der Waals surface area (Å²) in [5, 5.41) is 8.59. The minimum atomic E-state index is -0.816. The monoisotopic (exact) mass is 497 g/mol. The van der Waals surface area contributed by atoms with Crippen LogP contribution >= 0.6 is 0 Å². The molecule has 0 aliphatic rings. The topological polar surface area (TPSA) is 111 Å². The molecule has 2 N–H and O–H groups in total. The third-order valence-electron chi connectivity index (χ3n) is 6.09. The van der Waals surface area contributed by atoms with Crippen molar-refractivity contribution >= 4 is 33.9 Å². The van der Waals surface area contributed by atoms with Crippen molar-refractivity contribution in [2.24, 2.45) is 0 Å². The Bertz CT molecular complexity index is 1540. The lowest BCUT2D eigenvalue weighted by Gasteiger charge is -2.17. The Morgan fingerprint density at radius 2 is 2.00 bits per heavy atom. The van der Waals surface area contributed by atoms with Crippen LogP contribution in [0.4, 0.5) is 5.69 Å². The van der Waals surface area contributed by atoms with Gasteiger partial charge in [-0.15, -0.1) is 0 Å². The van der Waals surface area contributed by atoms with Gasteiger partial charge in [0.15, 0.2) is 5.78 Å². The van der Waals surface area contributed by atoms with Gasteiger partial charge in [-0.1, -0.05) is 19.4 Å². The fourth-order valence-electron chi connectivity index (χ4n) is 4.17. The minimum absolute atomic E-state index is 0.202. The summed E-state index contributed by atoms with van der Waals surface area (Å²) in [6, 6.07) is 13.8. The number of aromatic nitrogens is 4. The van der Waals surface area contributed by atoms with E-state index in [1.807, 2.05) is 37.4 Å². The molecule has 0 radical (unpaired) electrons. The van der Waals surface area contributed by atoms with Crippen LogP contribution in [-0.4, -0.2) is 38.4 Å². The van der Waals surface area contributed by atoms with Crippen molar-refractivity contribution in [2.45, 2.75) is 32.2 Å². The van der Waals surface area contributed by atoms with Crippen LogP contribution in [0, 0.1) is 0 Å². The molecule has 9 heteroatoms. The van der Waals surface area contributed by atoms with Crippen molar-refractivity contribution in [3.63, 3.8) is 0 Å². The van der Waals surface area contributed by atoms with Crippen molar-refractivity contribution in [1.29, 1.82) is 0 Å². The van der Waals surface area contributed by atoms with E-state index < -0.39 is 6.04 Å². The number of pyridine rings is 2. The molecule has 1 unspecified atom stereocenters. The Labute approximate surface area is 213 Å². The highest BCUT2D eigenvalue weighted by atomic mass is 16.5. The number of nitrogens with one attached hydrogen (secondary N) is 2. The Morgan fingerprint density at radius 3 is 2.81 bits per heavy atom. The molecule has 1 aromatic carbocycles. The Balaban J connectivity index is 1.52. The summed E-state index contributed by atoms with van der Waals surface area (Å²) in [6.45, 7) is 2.02. The zero-order valence-corrected chi connectivity index (χ0v) is 20.6. The number of ketones is 1. The predicted molar refractivity (Wildman–Crippen MR) is 140 cm³/mol. The highest BCUT2D eigenvalue weighted by molar-refractivity contribution is 6.11. The first-order chi connectivity index (χ1) is 18.1. The largest absolute Gasteiger partial charge is 0.495 e. The summed E-state index contributed by atoms with van der Waals surface area (Å²) < 4.78 is 12.5. The molecule has 5 rings (SSSR count). The lowest BCUT2D eigenvalue weighted by molar-refractivity contribution is -0.134. The van der Waals surface area contributed by atoms with E-state index in [1.165, 1.54) is 0 Å². The number of H-pyrrole nitrogens is 1. The van der Waals surface area contributed by atoms with Gasteiger partial charge >= 0.3 is 5.97 Å². The van der Waals surface area contributed by atoms with E-state index in [-0.39, 0.29) is 11.8 Å². The van der Waals surface area contributed by atoms with Crippen LogP contribution in [0.2, 0.25) is 0 Å². The summed E-state index contributed by atoms with van der Waals surface area (Å²) in [5.41, 5.74) is 3.23. The van der Waals surface area contributed by atoms with Gasteiger partial charge in [-0.3, -0.25) is 14.6 Å². The number of nitrogens with zero attached hydrogens (tertiary/aromatic N) is 3. The molecule has 0 aliphatic carbocycles. The first-order valence-electron chi connectivity index (χ1n) is 12.1. The predicted octanol–water partition coefficient (Wildman–Crippen LogP) is 5.35. The van der Waals surface area contributed by atoms with Gasteiger partial charge in [-0.05, 0) is 42.8 Å². The molecule has 0 saturated heterocycles. The number of methoxy groups -OCH3 is 1. The first-order valence-corrected chi connectivity index (χ1v) is 12.1. The number of Topliss-reactive ketones (excluding diaryl/α,β-unsaturated/α-hetero) is 1. The number of hydrogen-bond acceptors (Lipinski definition) is 7. The van der Waals surface area contributed by atoms with Crippen molar-refractivity contribution in [2.75, 3.05) is 12.4 Å². The molecule has 0 bridgehead atoms. The van der Waals surface area contributed by atoms with Crippen LogP contribution in [0.1, 0.15) is 48.3 Å². The number of rotatable bonds is 10. The number of unbranched alkanes of at least 4 members (excludes halogenated alkanes) is 1. The average molecular weight is 498 g/mol. The fraction of sp³-hybridized carbons (Fsp3) is 0.214. The molecule has 4 aromatic heterocycles. The number of esters is 1. The molecule has 0 saturated carbocycles. The quantitative estimate of drug-likeness (QED) is 0.152. The third kappa shape index (κ3) is 5.16. The van der Waals surface area contributed by atoms with Crippen LogP contribution in [0.3, 0.4) is 0 Å². The second-order valence-electron chi connectivity index (χ2n) is 8.68. The van der Waals surface area contributed by atoms with Gasteiger partial charge < -0.3 is 19.8 Å². The molecule has 9 nitrogen and oxygen atoms in total. The second-order valence-corrected chi connectivity index (χ2v) is 8.68. The lowest BCUT2D eigenvalue weighted by atomic mass is 10.00. The maximum atomic E-state index is 14.0. The molecule has 0 aliphatic heterocycles. The minimum Gasteiger partial charge on any atom is -0.495 e. The first kappa shape index (κ1) is 24.1. The summed E-state index contributed by atoms with van der Waals surface area (Å²) in [7, 11) is 1.56. The number of ether oxygens (including phenoxy) is 2. The molecule has 4 heterocycles. The molecule has 5 aromatic rings. The van der Waals surface area contributed by atoms with Gasteiger partial charge in [-0.25, -0.2) is 4.52 Å². The van der Waals surface area contributed by atoms with Crippen LogP contribution in [0.5, 0.6) is 11.5 Å². The summed E-state index contributed by atoms with van der Waals surface area (Å²) in [6.07, 6.45) is 8.74.